The molecule has 0 radical (unpaired) electrons. The summed E-state index contributed by atoms with van der Waals surface area (Å²) in [5, 5.41) is 5.44. The molecule has 1 saturated heterocycles. The number of anilines is 1. The molecule has 1 fully saturated rings. The molecule has 0 aliphatic carbocycles. The molecule has 1 aromatic heterocycles. The van der Waals surface area contributed by atoms with E-state index in [0.29, 0.717) is 11.7 Å². The fourth-order valence-electron chi connectivity index (χ4n) is 2.87. The maximum atomic E-state index is 11.9. The van der Waals surface area contributed by atoms with E-state index in [1.165, 1.54) is 0 Å². The van der Waals surface area contributed by atoms with Gasteiger partial charge in [0.2, 0.25) is 0 Å². The Balaban J connectivity index is 1.69. The van der Waals surface area contributed by atoms with Crippen LogP contribution in [0.1, 0.15) is 27.2 Å². The van der Waals surface area contributed by atoms with Gasteiger partial charge in [0, 0.05) is 18.5 Å². The lowest BCUT2D eigenvalue weighted by atomic mass is 10.2. The number of halogens is 1. The molecule has 1 aromatic carbocycles. The van der Waals surface area contributed by atoms with E-state index in [4.69, 9.17) is 16.3 Å². The van der Waals surface area contributed by atoms with Crippen LogP contribution in [-0.4, -0.2) is 35.8 Å². The summed E-state index contributed by atoms with van der Waals surface area (Å²) in [5.74, 6) is 0.840. The van der Waals surface area contributed by atoms with Crippen molar-refractivity contribution in [3.05, 3.63) is 35.5 Å². The van der Waals surface area contributed by atoms with Crippen LogP contribution >= 0.6 is 11.6 Å². The van der Waals surface area contributed by atoms with Gasteiger partial charge in [-0.25, -0.2) is 9.78 Å². The molecule has 1 aliphatic rings. The summed E-state index contributed by atoms with van der Waals surface area (Å²) in [6.45, 7) is 7.08. The van der Waals surface area contributed by atoms with Gasteiger partial charge in [-0.1, -0.05) is 35.9 Å². The van der Waals surface area contributed by atoms with Gasteiger partial charge in [0.15, 0.2) is 0 Å². The highest BCUT2D eigenvalue weighted by Gasteiger charge is 2.27. The molecule has 3 rings (SSSR count). The molecule has 2 heterocycles. The van der Waals surface area contributed by atoms with E-state index in [1.807, 2.05) is 51.1 Å². The first-order valence-electron chi connectivity index (χ1n) is 8.11. The molecular formula is C18H22ClN3O2. The Morgan fingerprint density at radius 2 is 2.12 bits per heavy atom. The lowest BCUT2D eigenvalue weighted by Gasteiger charge is -2.22. The number of hydrogen-bond donors (Lipinski definition) is 1. The SMILES string of the molecule is CC(C)(C)OC(=O)NC1CCN(c2cc3ccccc3c(Cl)n2)C1. The summed E-state index contributed by atoms with van der Waals surface area (Å²) in [7, 11) is 0. The number of benzene rings is 1. The van der Waals surface area contributed by atoms with Crippen LogP contribution in [0.15, 0.2) is 30.3 Å². The molecule has 0 saturated carbocycles. The fourth-order valence-corrected chi connectivity index (χ4v) is 3.12. The number of ether oxygens (including phenoxy) is 1. The molecule has 2 aromatic rings. The van der Waals surface area contributed by atoms with E-state index in [0.717, 1.165) is 29.6 Å². The number of amides is 1. The van der Waals surface area contributed by atoms with Crippen LogP contribution in [0.25, 0.3) is 10.8 Å². The van der Waals surface area contributed by atoms with E-state index in [2.05, 4.69) is 15.2 Å². The molecule has 1 amide bonds. The maximum Gasteiger partial charge on any atom is 0.407 e. The van der Waals surface area contributed by atoms with E-state index in [9.17, 15) is 4.79 Å². The molecule has 1 atom stereocenters. The predicted molar refractivity (Wildman–Crippen MR) is 96.7 cm³/mol. The van der Waals surface area contributed by atoms with Crippen LogP contribution in [0.2, 0.25) is 5.15 Å². The predicted octanol–water partition coefficient (Wildman–Crippen LogP) is 3.99. The second-order valence-corrected chi connectivity index (χ2v) is 7.43. The standard InChI is InChI=1S/C18H22ClN3O2/c1-18(2,3)24-17(23)20-13-8-9-22(11-13)15-10-12-6-4-5-7-14(12)16(19)21-15/h4-7,10,13H,8-9,11H2,1-3H3,(H,20,23). The molecule has 6 heteroatoms. The minimum absolute atomic E-state index is 0.0481. The highest BCUT2D eigenvalue weighted by atomic mass is 35.5. The number of carbonyl (C=O) groups is 1. The number of hydrogen-bond acceptors (Lipinski definition) is 4. The number of rotatable bonds is 2. The smallest absolute Gasteiger partial charge is 0.407 e. The molecule has 1 unspecified atom stereocenters. The van der Waals surface area contributed by atoms with Gasteiger partial charge in [0.1, 0.15) is 16.6 Å². The number of fused-ring (bicyclic) bond motifs is 1. The quantitative estimate of drug-likeness (QED) is 0.834. The van der Waals surface area contributed by atoms with Crippen LogP contribution in [0, 0.1) is 0 Å². The van der Waals surface area contributed by atoms with Gasteiger partial charge in [0.25, 0.3) is 0 Å². The van der Waals surface area contributed by atoms with Crippen molar-refractivity contribution < 1.29 is 9.53 Å². The fraction of sp³-hybridized carbons (Fsp3) is 0.444. The Hall–Kier alpha value is -2.01. The van der Waals surface area contributed by atoms with E-state index < -0.39 is 5.60 Å². The molecule has 0 spiro atoms. The Morgan fingerprint density at radius 3 is 2.88 bits per heavy atom. The zero-order valence-electron chi connectivity index (χ0n) is 14.2. The van der Waals surface area contributed by atoms with E-state index in [1.54, 1.807) is 0 Å². The summed E-state index contributed by atoms with van der Waals surface area (Å²) >= 11 is 6.31. The Bertz CT molecular complexity index is 758. The first kappa shape index (κ1) is 16.8. The minimum Gasteiger partial charge on any atom is -0.444 e. The molecule has 128 valence electrons. The molecule has 1 aliphatic heterocycles. The topological polar surface area (TPSA) is 54.5 Å². The van der Waals surface area contributed by atoms with Crippen LogP contribution in [0.4, 0.5) is 10.6 Å². The number of carbonyl (C=O) groups excluding carboxylic acids is 1. The van der Waals surface area contributed by atoms with Crippen molar-refractivity contribution in [1.82, 2.24) is 10.3 Å². The number of nitrogens with one attached hydrogen (secondary N) is 1. The van der Waals surface area contributed by atoms with E-state index in [-0.39, 0.29) is 12.1 Å². The van der Waals surface area contributed by atoms with E-state index >= 15 is 0 Å². The summed E-state index contributed by atoms with van der Waals surface area (Å²) in [6, 6.07) is 10.0. The van der Waals surface area contributed by atoms with Crippen molar-refractivity contribution in [3.63, 3.8) is 0 Å². The van der Waals surface area contributed by atoms with Gasteiger partial charge >= 0.3 is 6.09 Å². The highest BCUT2D eigenvalue weighted by Crippen LogP contribution is 2.28. The van der Waals surface area contributed by atoms with Gasteiger partial charge in [-0.05, 0) is 38.6 Å². The lowest BCUT2D eigenvalue weighted by Crippen LogP contribution is -2.40. The van der Waals surface area contributed by atoms with Crippen molar-refractivity contribution in [3.8, 4) is 0 Å². The highest BCUT2D eigenvalue weighted by molar-refractivity contribution is 6.34. The minimum atomic E-state index is -0.490. The Kier molecular flexibility index (Phi) is 4.54. The zero-order valence-corrected chi connectivity index (χ0v) is 14.9. The molecule has 0 bridgehead atoms. The van der Waals surface area contributed by atoms with Crippen LogP contribution in [-0.2, 0) is 4.74 Å². The van der Waals surface area contributed by atoms with Crippen LogP contribution < -0.4 is 10.2 Å². The number of aromatic nitrogens is 1. The Labute approximate surface area is 146 Å². The monoisotopic (exact) mass is 347 g/mol. The second kappa shape index (κ2) is 6.48. The molecule has 5 nitrogen and oxygen atoms in total. The van der Waals surface area contributed by atoms with Gasteiger partial charge in [-0.2, -0.15) is 0 Å². The second-order valence-electron chi connectivity index (χ2n) is 7.07. The first-order valence-corrected chi connectivity index (χ1v) is 8.49. The van der Waals surface area contributed by atoms with Gasteiger partial charge in [-0.3, -0.25) is 0 Å². The molecular weight excluding hydrogens is 326 g/mol. The number of pyridine rings is 1. The van der Waals surface area contributed by atoms with Crippen molar-refractivity contribution in [1.29, 1.82) is 0 Å². The summed E-state index contributed by atoms with van der Waals surface area (Å²) in [4.78, 5) is 18.5. The first-order chi connectivity index (χ1) is 11.3. The van der Waals surface area contributed by atoms with Gasteiger partial charge in [0.05, 0.1) is 6.04 Å². The lowest BCUT2D eigenvalue weighted by molar-refractivity contribution is 0.0509. The van der Waals surface area contributed by atoms with Gasteiger partial charge < -0.3 is 15.0 Å². The van der Waals surface area contributed by atoms with Crippen molar-refractivity contribution in [2.45, 2.75) is 38.8 Å². The van der Waals surface area contributed by atoms with Crippen molar-refractivity contribution >= 4 is 34.3 Å². The summed E-state index contributed by atoms with van der Waals surface area (Å²) < 4.78 is 5.31. The summed E-state index contributed by atoms with van der Waals surface area (Å²) in [6.07, 6.45) is 0.476. The maximum absolute atomic E-state index is 11.9. The van der Waals surface area contributed by atoms with Crippen LogP contribution in [0.5, 0.6) is 0 Å². The molecule has 24 heavy (non-hydrogen) atoms. The largest absolute Gasteiger partial charge is 0.444 e. The van der Waals surface area contributed by atoms with Gasteiger partial charge in [-0.15, -0.1) is 0 Å². The van der Waals surface area contributed by atoms with Crippen molar-refractivity contribution in [2.24, 2.45) is 0 Å². The number of alkyl carbamates (subject to hydrolysis) is 1. The third kappa shape index (κ3) is 3.90. The summed E-state index contributed by atoms with van der Waals surface area (Å²) in [5.41, 5.74) is -0.490. The average Bonchev–Trinajstić information content (AvgIpc) is 2.93. The number of nitrogens with zero attached hydrogens (tertiary/aromatic N) is 2. The zero-order chi connectivity index (χ0) is 17.3. The average molecular weight is 348 g/mol. The van der Waals surface area contributed by atoms with Crippen molar-refractivity contribution in [2.75, 3.05) is 18.0 Å². The van der Waals surface area contributed by atoms with Crippen LogP contribution in [0.3, 0.4) is 0 Å². The third-order valence-electron chi connectivity index (χ3n) is 3.91. The normalized spacial score (nSPS) is 18.0. The Morgan fingerprint density at radius 1 is 1.38 bits per heavy atom. The third-order valence-corrected chi connectivity index (χ3v) is 4.20. The molecule has 1 N–H and O–H groups in total.